The SMILES string of the molecule is COc1ccc2c(c1)nc(CN(C)C)n2C(C)CN. The van der Waals surface area contributed by atoms with Crippen molar-refractivity contribution in [1.82, 2.24) is 14.5 Å². The van der Waals surface area contributed by atoms with Crippen molar-refractivity contribution in [3.05, 3.63) is 24.0 Å². The number of nitrogens with two attached hydrogens (primary N) is 1. The molecule has 1 aromatic carbocycles. The normalized spacial score (nSPS) is 13.2. The van der Waals surface area contributed by atoms with Crippen LogP contribution in [0.4, 0.5) is 0 Å². The van der Waals surface area contributed by atoms with Crippen molar-refractivity contribution in [3.8, 4) is 5.75 Å². The van der Waals surface area contributed by atoms with Gasteiger partial charge in [0, 0.05) is 18.7 Å². The molecule has 104 valence electrons. The van der Waals surface area contributed by atoms with Crippen LogP contribution in [0.5, 0.6) is 5.75 Å². The minimum atomic E-state index is 0.230. The maximum atomic E-state index is 5.82. The maximum Gasteiger partial charge on any atom is 0.124 e. The van der Waals surface area contributed by atoms with Crippen molar-refractivity contribution in [2.45, 2.75) is 19.5 Å². The summed E-state index contributed by atoms with van der Waals surface area (Å²) in [7, 11) is 5.75. The number of benzene rings is 1. The number of methoxy groups -OCH3 is 1. The Morgan fingerprint density at radius 2 is 2.16 bits per heavy atom. The summed E-state index contributed by atoms with van der Waals surface area (Å²) < 4.78 is 7.47. The molecule has 0 amide bonds. The summed E-state index contributed by atoms with van der Waals surface area (Å²) in [5.74, 6) is 1.86. The third-order valence-electron chi connectivity index (χ3n) is 3.21. The van der Waals surface area contributed by atoms with Crippen LogP contribution in [-0.2, 0) is 6.54 Å². The Bertz CT molecular complexity index is 562. The lowest BCUT2D eigenvalue weighted by Crippen LogP contribution is -2.21. The zero-order valence-electron chi connectivity index (χ0n) is 12.1. The molecule has 19 heavy (non-hydrogen) atoms. The zero-order valence-corrected chi connectivity index (χ0v) is 12.1. The average molecular weight is 262 g/mol. The highest BCUT2D eigenvalue weighted by Crippen LogP contribution is 2.25. The van der Waals surface area contributed by atoms with E-state index < -0.39 is 0 Å². The van der Waals surface area contributed by atoms with Gasteiger partial charge in [0.25, 0.3) is 0 Å². The molecule has 0 spiro atoms. The van der Waals surface area contributed by atoms with Gasteiger partial charge in [-0.25, -0.2) is 4.98 Å². The predicted octanol–water partition coefficient (Wildman–Crippen LogP) is 1.63. The fourth-order valence-electron chi connectivity index (χ4n) is 2.25. The van der Waals surface area contributed by atoms with Gasteiger partial charge in [-0.3, -0.25) is 0 Å². The van der Waals surface area contributed by atoms with Crippen LogP contribution in [0.1, 0.15) is 18.8 Å². The molecule has 1 atom stereocenters. The number of nitrogens with zero attached hydrogens (tertiary/aromatic N) is 3. The molecule has 2 aromatic rings. The molecule has 5 heteroatoms. The lowest BCUT2D eigenvalue weighted by atomic mass is 10.2. The first-order chi connectivity index (χ1) is 9.06. The molecule has 0 saturated carbocycles. The number of ether oxygens (including phenoxy) is 1. The lowest BCUT2D eigenvalue weighted by molar-refractivity contribution is 0.374. The van der Waals surface area contributed by atoms with Crippen molar-refractivity contribution < 1.29 is 4.74 Å². The molecule has 0 fully saturated rings. The second-order valence-corrected chi connectivity index (χ2v) is 5.08. The van der Waals surface area contributed by atoms with E-state index in [2.05, 4.69) is 16.4 Å². The molecule has 0 aliphatic carbocycles. The van der Waals surface area contributed by atoms with Gasteiger partial charge >= 0.3 is 0 Å². The quantitative estimate of drug-likeness (QED) is 0.889. The van der Waals surface area contributed by atoms with Crippen molar-refractivity contribution in [1.29, 1.82) is 0 Å². The van der Waals surface area contributed by atoms with Gasteiger partial charge in [0.2, 0.25) is 0 Å². The van der Waals surface area contributed by atoms with Crippen LogP contribution >= 0.6 is 0 Å². The van der Waals surface area contributed by atoms with Crippen LogP contribution < -0.4 is 10.5 Å². The maximum absolute atomic E-state index is 5.82. The first kappa shape index (κ1) is 13.8. The van der Waals surface area contributed by atoms with E-state index in [0.717, 1.165) is 29.2 Å². The molecule has 0 aliphatic rings. The van der Waals surface area contributed by atoms with Crippen LogP contribution in [0.25, 0.3) is 11.0 Å². The van der Waals surface area contributed by atoms with Crippen LogP contribution in [0.3, 0.4) is 0 Å². The van der Waals surface area contributed by atoms with E-state index in [9.17, 15) is 0 Å². The minimum Gasteiger partial charge on any atom is -0.497 e. The zero-order chi connectivity index (χ0) is 14.0. The van der Waals surface area contributed by atoms with Crippen LogP contribution in [0, 0.1) is 0 Å². The number of hydrogen-bond acceptors (Lipinski definition) is 4. The molecule has 2 rings (SSSR count). The number of rotatable bonds is 5. The summed E-state index contributed by atoms with van der Waals surface area (Å²) in [4.78, 5) is 6.83. The van der Waals surface area contributed by atoms with Crippen molar-refractivity contribution >= 4 is 11.0 Å². The fourth-order valence-corrected chi connectivity index (χ4v) is 2.25. The first-order valence-electron chi connectivity index (χ1n) is 6.46. The molecule has 1 heterocycles. The molecular formula is C14H22N4O. The molecule has 0 aliphatic heterocycles. The van der Waals surface area contributed by atoms with E-state index in [4.69, 9.17) is 15.5 Å². The summed E-state index contributed by atoms with van der Waals surface area (Å²) in [5, 5.41) is 0. The first-order valence-corrected chi connectivity index (χ1v) is 6.46. The molecule has 0 bridgehead atoms. The van der Waals surface area contributed by atoms with Crippen LogP contribution in [0.15, 0.2) is 18.2 Å². The molecule has 1 unspecified atom stereocenters. The Hall–Kier alpha value is -1.59. The van der Waals surface area contributed by atoms with Gasteiger partial charge in [0.05, 0.1) is 24.7 Å². The van der Waals surface area contributed by atoms with Crippen molar-refractivity contribution in [3.63, 3.8) is 0 Å². The van der Waals surface area contributed by atoms with Gasteiger partial charge in [0.15, 0.2) is 0 Å². The van der Waals surface area contributed by atoms with Gasteiger partial charge < -0.3 is 19.9 Å². The second-order valence-electron chi connectivity index (χ2n) is 5.08. The molecule has 0 radical (unpaired) electrons. The van der Waals surface area contributed by atoms with Crippen LogP contribution in [0.2, 0.25) is 0 Å². The number of hydrogen-bond donors (Lipinski definition) is 1. The average Bonchev–Trinajstić information content (AvgIpc) is 2.73. The summed E-state index contributed by atoms with van der Waals surface area (Å²) in [6.45, 7) is 3.50. The third-order valence-corrected chi connectivity index (χ3v) is 3.21. The molecule has 2 N–H and O–H groups in total. The Labute approximate surface area is 114 Å². The third kappa shape index (κ3) is 2.72. The smallest absolute Gasteiger partial charge is 0.124 e. The summed E-state index contributed by atoms with van der Waals surface area (Å²) in [6, 6.07) is 6.21. The fraction of sp³-hybridized carbons (Fsp3) is 0.500. The molecule has 5 nitrogen and oxygen atoms in total. The molecule has 1 aromatic heterocycles. The Balaban J connectivity index is 2.58. The minimum absolute atomic E-state index is 0.230. The number of aromatic nitrogens is 2. The predicted molar refractivity (Wildman–Crippen MR) is 77.4 cm³/mol. The highest BCUT2D eigenvalue weighted by molar-refractivity contribution is 5.78. The summed E-state index contributed by atoms with van der Waals surface area (Å²) >= 11 is 0. The summed E-state index contributed by atoms with van der Waals surface area (Å²) in [5.41, 5.74) is 7.89. The van der Waals surface area contributed by atoms with Gasteiger partial charge in [-0.2, -0.15) is 0 Å². The molecule has 0 saturated heterocycles. The monoisotopic (exact) mass is 262 g/mol. The van der Waals surface area contributed by atoms with Gasteiger partial charge in [-0.05, 0) is 33.2 Å². The van der Waals surface area contributed by atoms with Gasteiger partial charge in [-0.1, -0.05) is 0 Å². The standard InChI is InChI=1S/C14H22N4O/c1-10(8-15)18-13-6-5-11(19-4)7-12(13)16-14(18)9-17(2)3/h5-7,10H,8-9,15H2,1-4H3. The Morgan fingerprint density at radius 1 is 1.42 bits per heavy atom. The van der Waals surface area contributed by atoms with E-state index in [1.54, 1.807) is 7.11 Å². The van der Waals surface area contributed by atoms with E-state index in [-0.39, 0.29) is 6.04 Å². The Kier molecular flexibility index (Phi) is 4.07. The van der Waals surface area contributed by atoms with Crippen molar-refractivity contribution in [2.75, 3.05) is 27.7 Å². The topological polar surface area (TPSA) is 56.3 Å². The highest BCUT2D eigenvalue weighted by atomic mass is 16.5. The Morgan fingerprint density at radius 3 is 2.74 bits per heavy atom. The number of imidazole rings is 1. The van der Waals surface area contributed by atoms with E-state index >= 15 is 0 Å². The highest BCUT2D eigenvalue weighted by Gasteiger charge is 2.15. The van der Waals surface area contributed by atoms with Gasteiger partial charge in [0.1, 0.15) is 11.6 Å². The second kappa shape index (κ2) is 5.59. The van der Waals surface area contributed by atoms with E-state index in [1.807, 2.05) is 32.3 Å². The van der Waals surface area contributed by atoms with Crippen LogP contribution in [-0.4, -0.2) is 42.2 Å². The van der Waals surface area contributed by atoms with E-state index in [1.165, 1.54) is 0 Å². The molecular weight excluding hydrogens is 240 g/mol. The van der Waals surface area contributed by atoms with E-state index in [0.29, 0.717) is 6.54 Å². The summed E-state index contributed by atoms with van der Waals surface area (Å²) in [6.07, 6.45) is 0. The largest absolute Gasteiger partial charge is 0.497 e. The lowest BCUT2D eigenvalue weighted by Gasteiger charge is -2.17. The van der Waals surface area contributed by atoms with Gasteiger partial charge in [-0.15, -0.1) is 0 Å². The number of fused-ring (bicyclic) bond motifs is 1. The van der Waals surface area contributed by atoms with Crippen molar-refractivity contribution in [2.24, 2.45) is 5.73 Å².